The van der Waals surface area contributed by atoms with Crippen molar-refractivity contribution >= 4 is 28.4 Å². The van der Waals surface area contributed by atoms with Crippen molar-refractivity contribution in [2.45, 2.75) is 6.92 Å². The Morgan fingerprint density at radius 2 is 2.06 bits per heavy atom. The third kappa shape index (κ3) is 1.79. The second-order valence-corrected chi connectivity index (χ2v) is 4.69. The molecule has 0 amide bonds. The Morgan fingerprint density at radius 1 is 1.31 bits per heavy atom. The first-order chi connectivity index (χ1) is 7.59. The zero-order valence-corrected chi connectivity index (χ0v) is 9.84. The number of rotatable bonds is 2. The number of aromatic nitrogens is 1. The van der Waals surface area contributed by atoms with E-state index >= 15 is 0 Å². The molecule has 0 aliphatic rings. The number of pyridine rings is 1. The van der Waals surface area contributed by atoms with Gasteiger partial charge >= 0.3 is 0 Å². The molecule has 4 N–H and O–H groups in total. The largest absolute Gasteiger partial charge is 0.395 e. The highest BCUT2D eigenvalue weighted by Gasteiger charge is 2.08. The molecule has 82 valence electrons. The Labute approximate surface area is 98.4 Å². The number of nitrogens with zero attached hydrogens (tertiary/aromatic N) is 1. The Balaban J connectivity index is 2.50. The molecular formula is C12H13N3S. The van der Waals surface area contributed by atoms with Gasteiger partial charge in [-0.2, -0.15) is 0 Å². The van der Waals surface area contributed by atoms with Gasteiger partial charge in [-0.1, -0.05) is 6.58 Å². The van der Waals surface area contributed by atoms with Gasteiger partial charge in [-0.25, -0.2) is 4.98 Å². The number of nitrogens with two attached hydrogens (primary N) is 2. The fraction of sp³-hybridized carbons (Fsp3) is 0.0833. The van der Waals surface area contributed by atoms with E-state index in [4.69, 9.17) is 11.5 Å². The van der Waals surface area contributed by atoms with Gasteiger partial charge < -0.3 is 11.5 Å². The molecule has 0 atom stereocenters. The summed E-state index contributed by atoms with van der Waals surface area (Å²) in [6.45, 7) is 5.90. The summed E-state index contributed by atoms with van der Waals surface area (Å²) in [5, 5.41) is 0. The Bertz CT molecular complexity index is 543. The average Bonchev–Trinajstić information content (AvgIpc) is 2.71. The van der Waals surface area contributed by atoms with Crippen molar-refractivity contribution in [1.82, 2.24) is 4.98 Å². The highest BCUT2D eigenvalue weighted by atomic mass is 32.1. The quantitative estimate of drug-likeness (QED) is 0.835. The van der Waals surface area contributed by atoms with Crippen LogP contribution in [0.5, 0.6) is 0 Å². The van der Waals surface area contributed by atoms with Crippen LogP contribution < -0.4 is 11.5 Å². The Morgan fingerprint density at radius 3 is 2.69 bits per heavy atom. The van der Waals surface area contributed by atoms with Crippen molar-refractivity contribution in [3.05, 3.63) is 35.9 Å². The summed E-state index contributed by atoms with van der Waals surface area (Å²) in [6, 6.07) is 5.94. The van der Waals surface area contributed by atoms with E-state index in [2.05, 4.69) is 11.6 Å². The molecule has 4 heteroatoms. The zero-order chi connectivity index (χ0) is 11.7. The van der Waals surface area contributed by atoms with Crippen molar-refractivity contribution < 1.29 is 0 Å². The smallest absolute Gasteiger partial charge is 0.147 e. The molecule has 0 saturated heterocycles. The van der Waals surface area contributed by atoms with E-state index in [1.54, 1.807) is 17.5 Å². The lowest BCUT2D eigenvalue weighted by molar-refractivity contribution is 1.34. The van der Waals surface area contributed by atoms with Crippen molar-refractivity contribution in [2.75, 3.05) is 11.5 Å². The van der Waals surface area contributed by atoms with Gasteiger partial charge in [-0.15, -0.1) is 11.3 Å². The molecule has 2 aromatic heterocycles. The van der Waals surface area contributed by atoms with Crippen molar-refractivity contribution in [3.63, 3.8) is 0 Å². The summed E-state index contributed by atoms with van der Waals surface area (Å²) >= 11 is 1.65. The lowest BCUT2D eigenvalue weighted by Crippen LogP contribution is -1.98. The first-order valence-electron chi connectivity index (χ1n) is 4.85. The molecule has 3 nitrogen and oxygen atoms in total. The first-order valence-corrected chi connectivity index (χ1v) is 5.67. The van der Waals surface area contributed by atoms with E-state index in [0.29, 0.717) is 11.5 Å². The van der Waals surface area contributed by atoms with Crippen LogP contribution in [-0.4, -0.2) is 4.98 Å². The molecule has 2 aromatic rings. The van der Waals surface area contributed by atoms with Crippen molar-refractivity contribution in [2.24, 2.45) is 0 Å². The van der Waals surface area contributed by atoms with Crippen LogP contribution in [0, 0.1) is 0 Å². The Kier molecular flexibility index (Phi) is 2.66. The van der Waals surface area contributed by atoms with E-state index in [0.717, 1.165) is 20.9 Å². The molecule has 2 rings (SSSR count). The topological polar surface area (TPSA) is 64.9 Å². The summed E-state index contributed by atoms with van der Waals surface area (Å²) in [7, 11) is 0. The van der Waals surface area contributed by atoms with Crippen molar-refractivity contribution in [3.8, 4) is 10.4 Å². The maximum atomic E-state index is 5.90. The minimum atomic E-state index is 0.378. The number of hydrogen-bond donors (Lipinski definition) is 2. The van der Waals surface area contributed by atoms with E-state index in [9.17, 15) is 0 Å². The van der Waals surface area contributed by atoms with Gasteiger partial charge in [0.1, 0.15) is 5.82 Å². The van der Waals surface area contributed by atoms with Gasteiger partial charge in [0.2, 0.25) is 0 Å². The molecule has 0 aliphatic carbocycles. The zero-order valence-electron chi connectivity index (χ0n) is 9.03. The molecule has 0 aliphatic heterocycles. The standard InChI is InChI=1S/C12H13N3S/c1-7(2)9-3-4-10(16-9)8-5-6-15-12(14)11(8)13/h3-6H,1,13H2,2H3,(H2,14,15). The molecule has 0 spiro atoms. The van der Waals surface area contributed by atoms with E-state index in [1.165, 1.54) is 0 Å². The van der Waals surface area contributed by atoms with E-state index in [-0.39, 0.29) is 0 Å². The highest BCUT2D eigenvalue weighted by Crippen LogP contribution is 2.35. The number of anilines is 2. The predicted octanol–water partition coefficient (Wildman–Crippen LogP) is 3.01. The first kappa shape index (κ1) is 10.7. The summed E-state index contributed by atoms with van der Waals surface area (Å²) in [6.07, 6.45) is 1.67. The average molecular weight is 231 g/mol. The van der Waals surface area contributed by atoms with E-state index in [1.807, 2.05) is 25.1 Å². The van der Waals surface area contributed by atoms with Crippen LogP contribution in [-0.2, 0) is 0 Å². The number of hydrogen-bond acceptors (Lipinski definition) is 4. The molecular weight excluding hydrogens is 218 g/mol. The molecule has 2 heterocycles. The predicted molar refractivity (Wildman–Crippen MR) is 71.1 cm³/mol. The minimum Gasteiger partial charge on any atom is -0.395 e. The second kappa shape index (κ2) is 3.98. The normalized spacial score (nSPS) is 10.3. The lowest BCUT2D eigenvalue weighted by atomic mass is 10.2. The van der Waals surface area contributed by atoms with Gasteiger partial charge in [-0.05, 0) is 30.7 Å². The third-order valence-electron chi connectivity index (χ3n) is 2.31. The van der Waals surface area contributed by atoms with E-state index < -0.39 is 0 Å². The van der Waals surface area contributed by atoms with Crippen LogP contribution in [0.1, 0.15) is 11.8 Å². The fourth-order valence-electron chi connectivity index (χ4n) is 1.42. The van der Waals surface area contributed by atoms with Gasteiger partial charge in [0.25, 0.3) is 0 Å². The monoisotopic (exact) mass is 231 g/mol. The maximum Gasteiger partial charge on any atom is 0.147 e. The number of nitrogen functional groups attached to an aromatic ring is 2. The van der Waals surface area contributed by atoms with Gasteiger partial charge in [-0.3, -0.25) is 0 Å². The molecule has 0 saturated carbocycles. The molecule has 16 heavy (non-hydrogen) atoms. The van der Waals surface area contributed by atoms with Gasteiger partial charge in [0.05, 0.1) is 5.69 Å². The summed E-state index contributed by atoms with van der Waals surface area (Å²) < 4.78 is 0. The molecule has 0 fully saturated rings. The molecule has 0 bridgehead atoms. The second-order valence-electron chi connectivity index (χ2n) is 3.60. The number of allylic oxidation sites excluding steroid dienone is 1. The van der Waals surface area contributed by atoms with Crippen LogP contribution in [0.2, 0.25) is 0 Å². The summed E-state index contributed by atoms with van der Waals surface area (Å²) in [4.78, 5) is 6.19. The van der Waals surface area contributed by atoms with Gasteiger partial charge in [0.15, 0.2) is 0 Å². The van der Waals surface area contributed by atoms with Crippen LogP contribution >= 0.6 is 11.3 Å². The van der Waals surface area contributed by atoms with Gasteiger partial charge in [0, 0.05) is 21.5 Å². The molecule has 0 radical (unpaired) electrons. The summed E-state index contributed by atoms with van der Waals surface area (Å²) in [5.41, 5.74) is 14.1. The van der Waals surface area contributed by atoms with Crippen LogP contribution in [0.15, 0.2) is 31.0 Å². The third-order valence-corrected chi connectivity index (χ3v) is 3.59. The van der Waals surface area contributed by atoms with Crippen LogP contribution in [0.3, 0.4) is 0 Å². The molecule has 0 unspecified atom stereocenters. The molecule has 0 aromatic carbocycles. The fourth-order valence-corrected chi connectivity index (χ4v) is 2.39. The summed E-state index contributed by atoms with van der Waals surface area (Å²) in [5.74, 6) is 0.378. The van der Waals surface area contributed by atoms with Crippen molar-refractivity contribution in [1.29, 1.82) is 0 Å². The highest BCUT2D eigenvalue weighted by molar-refractivity contribution is 7.16. The SMILES string of the molecule is C=C(C)c1ccc(-c2ccnc(N)c2N)s1. The minimum absolute atomic E-state index is 0.378. The lowest BCUT2D eigenvalue weighted by Gasteiger charge is -2.04. The van der Waals surface area contributed by atoms with Crippen LogP contribution in [0.25, 0.3) is 16.0 Å². The number of thiophene rings is 1. The maximum absolute atomic E-state index is 5.90. The van der Waals surface area contributed by atoms with Crippen LogP contribution in [0.4, 0.5) is 11.5 Å². The Hall–Kier alpha value is -1.81.